The number of piperidine rings is 1. The third-order valence-corrected chi connectivity index (χ3v) is 2.95. The van der Waals surface area contributed by atoms with Gasteiger partial charge in [-0.2, -0.15) is 0 Å². The molecule has 1 saturated heterocycles. The van der Waals surface area contributed by atoms with Gasteiger partial charge in [0.15, 0.2) is 5.95 Å². The highest BCUT2D eigenvalue weighted by Crippen LogP contribution is 2.13. The van der Waals surface area contributed by atoms with E-state index in [0.29, 0.717) is 5.95 Å². The molecule has 4 heteroatoms. The third kappa shape index (κ3) is 1.90. The molecule has 0 amide bonds. The summed E-state index contributed by atoms with van der Waals surface area (Å²) in [6.45, 7) is 3.41. The second-order valence-electron chi connectivity index (χ2n) is 4.00. The molecule has 0 bridgehead atoms. The molecule has 1 fully saturated rings. The van der Waals surface area contributed by atoms with Crippen molar-refractivity contribution in [1.82, 2.24) is 14.5 Å². The molecular formula is C10H18N4. The molecule has 78 valence electrons. The van der Waals surface area contributed by atoms with Crippen molar-refractivity contribution in [3.8, 4) is 0 Å². The molecular weight excluding hydrogens is 176 g/mol. The molecule has 14 heavy (non-hydrogen) atoms. The highest BCUT2D eigenvalue weighted by Gasteiger charge is 2.12. The number of anilines is 1. The standard InChI is InChI=1S/C10H18N4/c1-13-9(7-12-10(13)11)8-14-5-3-2-4-6-14/h7H,2-6,8H2,1H3,(H2,11,12). The Morgan fingerprint density at radius 1 is 1.36 bits per heavy atom. The molecule has 2 rings (SSSR count). The first-order chi connectivity index (χ1) is 6.77. The lowest BCUT2D eigenvalue weighted by Crippen LogP contribution is -2.29. The normalized spacial score (nSPS) is 18.6. The van der Waals surface area contributed by atoms with Crippen molar-refractivity contribution in [1.29, 1.82) is 0 Å². The molecule has 2 heterocycles. The fourth-order valence-electron chi connectivity index (χ4n) is 1.95. The number of likely N-dealkylation sites (tertiary alicyclic amines) is 1. The predicted octanol–water partition coefficient (Wildman–Crippen LogP) is 0.988. The van der Waals surface area contributed by atoms with Gasteiger partial charge in [-0.25, -0.2) is 4.98 Å². The van der Waals surface area contributed by atoms with Gasteiger partial charge >= 0.3 is 0 Å². The largest absolute Gasteiger partial charge is 0.369 e. The van der Waals surface area contributed by atoms with Crippen LogP contribution < -0.4 is 5.73 Å². The first kappa shape index (κ1) is 9.52. The molecule has 1 aromatic heterocycles. The molecule has 4 nitrogen and oxygen atoms in total. The van der Waals surface area contributed by atoms with Crippen LogP contribution in [-0.4, -0.2) is 27.5 Å². The Hall–Kier alpha value is -1.03. The van der Waals surface area contributed by atoms with Crippen LogP contribution in [-0.2, 0) is 13.6 Å². The maximum Gasteiger partial charge on any atom is 0.200 e. The zero-order chi connectivity index (χ0) is 9.97. The van der Waals surface area contributed by atoms with Crippen LogP contribution in [0.15, 0.2) is 6.20 Å². The molecule has 0 spiro atoms. The van der Waals surface area contributed by atoms with Crippen LogP contribution in [0.2, 0.25) is 0 Å². The van der Waals surface area contributed by atoms with Gasteiger partial charge in [-0.05, 0) is 25.9 Å². The summed E-state index contributed by atoms with van der Waals surface area (Å²) in [5.41, 5.74) is 6.89. The van der Waals surface area contributed by atoms with Crippen LogP contribution >= 0.6 is 0 Å². The van der Waals surface area contributed by atoms with Crippen LogP contribution in [0.4, 0.5) is 5.95 Å². The maximum absolute atomic E-state index is 5.68. The van der Waals surface area contributed by atoms with E-state index in [2.05, 4.69) is 9.88 Å². The van der Waals surface area contributed by atoms with Crippen molar-refractivity contribution in [3.63, 3.8) is 0 Å². The van der Waals surface area contributed by atoms with Crippen LogP contribution in [0.3, 0.4) is 0 Å². The molecule has 0 atom stereocenters. The molecule has 0 saturated carbocycles. The van der Waals surface area contributed by atoms with Crippen molar-refractivity contribution in [2.24, 2.45) is 7.05 Å². The molecule has 1 aliphatic heterocycles. The summed E-state index contributed by atoms with van der Waals surface area (Å²) in [5, 5.41) is 0. The SMILES string of the molecule is Cn1c(CN2CCCCC2)cnc1N. The molecule has 0 aromatic carbocycles. The minimum atomic E-state index is 0.608. The van der Waals surface area contributed by atoms with E-state index in [1.165, 1.54) is 38.0 Å². The fraction of sp³-hybridized carbons (Fsp3) is 0.700. The van der Waals surface area contributed by atoms with Crippen LogP contribution in [0.5, 0.6) is 0 Å². The van der Waals surface area contributed by atoms with E-state index >= 15 is 0 Å². The zero-order valence-electron chi connectivity index (χ0n) is 8.74. The number of rotatable bonds is 2. The summed E-state index contributed by atoms with van der Waals surface area (Å²) in [4.78, 5) is 6.57. The number of nitrogens with two attached hydrogens (primary N) is 1. The Balaban J connectivity index is 1.99. The van der Waals surface area contributed by atoms with E-state index in [-0.39, 0.29) is 0 Å². The minimum Gasteiger partial charge on any atom is -0.369 e. The van der Waals surface area contributed by atoms with E-state index < -0.39 is 0 Å². The van der Waals surface area contributed by atoms with Gasteiger partial charge in [-0.1, -0.05) is 6.42 Å². The average molecular weight is 194 g/mol. The summed E-state index contributed by atoms with van der Waals surface area (Å²) in [6, 6.07) is 0. The molecule has 1 aromatic rings. The third-order valence-electron chi connectivity index (χ3n) is 2.95. The second-order valence-corrected chi connectivity index (χ2v) is 4.00. The smallest absolute Gasteiger partial charge is 0.200 e. The summed E-state index contributed by atoms with van der Waals surface area (Å²) in [5.74, 6) is 0.608. The minimum absolute atomic E-state index is 0.608. The van der Waals surface area contributed by atoms with Crippen molar-refractivity contribution in [2.75, 3.05) is 18.8 Å². The lowest BCUT2D eigenvalue weighted by atomic mass is 10.1. The molecule has 1 aliphatic rings. The summed E-state index contributed by atoms with van der Waals surface area (Å²) < 4.78 is 1.97. The van der Waals surface area contributed by atoms with E-state index in [9.17, 15) is 0 Å². The predicted molar refractivity (Wildman–Crippen MR) is 56.7 cm³/mol. The van der Waals surface area contributed by atoms with Gasteiger partial charge < -0.3 is 10.3 Å². The van der Waals surface area contributed by atoms with Crippen molar-refractivity contribution in [3.05, 3.63) is 11.9 Å². The van der Waals surface area contributed by atoms with Crippen LogP contribution in [0.25, 0.3) is 0 Å². The van der Waals surface area contributed by atoms with Gasteiger partial charge in [-0.15, -0.1) is 0 Å². The lowest BCUT2D eigenvalue weighted by molar-refractivity contribution is 0.217. The molecule has 0 unspecified atom stereocenters. The van der Waals surface area contributed by atoms with Crippen molar-refractivity contribution >= 4 is 5.95 Å². The maximum atomic E-state index is 5.68. The molecule has 0 aliphatic carbocycles. The number of imidazole rings is 1. The Kier molecular flexibility index (Phi) is 2.72. The quantitative estimate of drug-likeness (QED) is 0.763. The highest BCUT2D eigenvalue weighted by atomic mass is 15.2. The topological polar surface area (TPSA) is 47.1 Å². The van der Waals surface area contributed by atoms with E-state index in [0.717, 1.165) is 6.54 Å². The Bertz CT molecular complexity index is 299. The number of hydrogen-bond acceptors (Lipinski definition) is 3. The van der Waals surface area contributed by atoms with E-state index in [1.807, 2.05) is 17.8 Å². The van der Waals surface area contributed by atoms with Gasteiger partial charge in [0.05, 0.1) is 11.9 Å². The Morgan fingerprint density at radius 2 is 2.07 bits per heavy atom. The number of nitrogens with zero attached hydrogens (tertiary/aromatic N) is 3. The average Bonchev–Trinajstić information content (AvgIpc) is 2.52. The van der Waals surface area contributed by atoms with Crippen LogP contribution in [0, 0.1) is 0 Å². The lowest BCUT2D eigenvalue weighted by Gasteiger charge is -2.26. The number of nitrogen functional groups attached to an aromatic ring is 1. The highest BCUT2D eigenvalue weighted by molar-refractivity contribution is 5.21. The first-order valence-corrected chi connectivity index (χ1v) is 5.26. The summed E-state index contributed by atoms with van der Waals surface area (Å²) >= 11 is 0. The monoisotopic (exact) mass is 194 g/mol. The first-order valence-electron chi connectivity index (χ1n) is 5.26. The van der Waals surface area contributed by atoms with Gasteiger partial charge in [0.2, 0.25) is 0 Å². The Labute approximate surface area is 84.7 Å². The van der Waals surface area contributed by atoms with Gasteiger partial charge in [0.25, 0.3) is 0 Å². The Morgan fingerprint density at radius 3 is 2.64 bits per heavy atom. The van der Waals surface area contributed by atoms with Crippen LogP contribution in [0.1, 0.15) is 25.0 Å². The number of hydrogen-bond donors (Lipinski definition) is 1. The van der Waals surface area contributed by atoms with E-state index in [1.54, 1.807) is 0 Å². The summed E-state index contributed by atoms with van der Waals surface area (Å²) in [7, 11) is 1.97. The second kappa shape index (κ2) is 4.00. The van der Waals surface area contributed by atoms with Gasteiger partial charge in [-0.3, -0.25) is 4.90 Å². The molecule has 0 radical (unpaired) electrons. The summed E-state index contributed by atoms with van der Waals surface area (Å²) in [6.07, 6.45) is 5.91. The fourth-order valence-corrected chi connectivity index (χ4v) is 1.95. The molecule has 2 N–H and O–H groups in total. The van der Waals surface area contributed by atoms with Gasteiger partial charge in [0.1, 0.15) is 0 Å². The van der Waals surface area contributed by atoms with Crippen molar-refractivity contribution in [2.45, 2.75) is 25.8 Å². The number of aromatic nitrogens is 2. The zero-order valence-corrected chi connectivity index (χ0v) is 8.74. The van der Waals surface area contributed by atoms with E-state index in [4.69, 9.17) is 5.73 Å². The van der Waals surface area contributed by atoms with Crippen molar-refractivity contribution < 1.29 is 0 Å². The van der Waals surface area contributed by atoms with Gasteiger partial charge in [0, 0.05) is 13.6 Å².